The Balaban J connectivity index is 3.04. The van der Waals surface area contributed by atoms with Gasteiger partial charge in [0.15, 0.2) is 0 Å². The molecule has 0 fully saturated rings. The minimum absolute atomic E-state index is 0.0701. The molecule has 0 aromatic heterocycles. The molecule has 1 aromatic rings. The van der Waals surface area contributed by atoms with Gasteiger partial charge < -0.3 is 9.84 Å². The van der Waals surface area contributed by atoms with Crippen LogP contribution in [0.15, 0.2) is 18.2 Å². The first kappa shape index (κ1) is 11.1. The van der Waals surface area contributed by atoms with Crippen LogP contribution >= 0.6 is 0 Å². The third-order valence-corrected chi connectivity index (χ3v) is 2.59. The molecular weight excluding hydrogens is 176 g/mol. The Morgan fingerprint density at radius 2 is 2.07 bits per heavy atom. The molecule has 1 atom stereocenters. The highest BCUT2D eigenvalue weighted by Gasteiger charge is 2.06. The predicted octanol–water partition coefficient (Wildman–Crippen LogP) is 2.70. The minimum Gasteiger partial charge on any atom is -0.497 e. The molecule has 0 spiro atoms. The second-order valence-electron chi connectivity index (χ2n) is 3.58. The second kappa shape index (κ2) is 5.01. The van der Waals surface area contributed by atoms with E-state index in [0.29, 0.717) is 5.92 Å². The first-order valence-electron chi connectivity index (χ1n) is 5.00. The molecule has 1 aromatic carbocycles. The Labute approximate surface area is 85.5 Å². The van der Waals surface area contributed by atoms with Crippen LogP contribution in [0.1, 0.15) is 37.3 Å². The van der Waals surface area contributed by atoms with Gasteiger partial charge in [-0.1, -0.05) is 19.9 Å². The molecule has 0 saturated heterocycles. The molecule has 1 N–H and O–H groups in total. The fraction of sp³-hybridized carbons (Fsp3) is 0.500. The second-order valence-corrected chi connectivity index (χ2v) is 3.58. The van der Waals surface area contributed by atoms with Crippen LogP contribution < -0.4 is 4.74 Å². The quantitative estimate of drug-likeness (QED) is 0.798. The standard InChI is InChI=1S/C12H18O2/c1-4-9(2)11-5-10(8-13)6-12(7-11)14-3/h5-7,9,13H,4,8H2,1-3H3. The molecule has 0 aliphatic carbocycles. The summed E-state index contributed by atoms with van der Waals surface area (Å²) in [6, 6.07) is 5.94. The van der Waals surface area contributed by atoms with E-state index in [1.54, 1.807) is 7.11 Å². The number of aliphatic hydroxyl groups is 1. The molecule has 2 heteroatoms. The number of ether oxygens (including phenoxy) is 1. The van der Waals surface area contributed by atoms with Crippen LogP contribution in [0.25, 0.3) is 0 Å². The molecule has 0 bridgehead atoms. The Morgan fingerprint density at radius 1 is 1.36 bits per heavy atom. The van der Waals surface area contributed by atoms with Gasteiger partial charge in [0, 0.05) is 0 Å². The van der Waals surface area contributed by atoms with E-state index < -0.39 is 0 Å². The van der Waals surface area contributed by atoms with Gasteiger partial charge in [0.05, 0.1) is 13.7 Å². The third-order valence-electron chi connectivity index (χ3n) is 2.59. The van der Waals surface area contributed by atoms with Crippen LogP contribution in [0.5, 0.6) is 5.75 Å². The molecule has 0 aliphatic heterocycles. The molecular formula is C12H18O2. The van der Waals surface area contributed by atoms with Gasteiger partial charge in [-0.15, -0.1) is 0 Å². The van der Waals surface area contributed by atoms with Crippen molar-refractivity contribution in [2.45, 2.75) is 32.8 Å². The van der Waals surface area contributed by atoms with Crippen LogP contribution in [0.2, 0.25) is 0 Å². The fourth-order valence-corrected chi connectivity index (χ4v) is 1.42. The summed E-state index contributed by atoms with van der Waals surface area (Å²) in [5.41, 5.74) is 2.15. The van der Waals surface area contributed by atoms with Crippen molar-refractivity contribution in [2.75, 3.05) is 7.11 Å². The topological polar surface area (TPSA) is 29.5 Å². The van der Waals surface area contributed by atoms with E-state index in [2.05, 4.69) is 13.8 Å². The predicted molar refractivity (Wildman–Crippen MR) is 57.6 cm³/mol. The lowest BCUT2D eigenvalue weighted by atomic mass is 9.96. The Hall–Kier alpha value is -1.02. The van der Waals surface area contributed by atoms with Crippen molar-refractivity contribution < 1.29 is 9.84 Å². The van der Waals surface area contributed by atoms with Crippen molar-refractivity contribution in [3.63, 3.8) is 0 Å². The summed E-state index contributed by atoms with van der Waals surface area (Å²) in [4.78, 5) is 0. The third kappa shape index (κ3) is 2.48. The molecule has 1 unspecified atom stereocenters. The Morgan fingerprint density at radius 3 is 2.57 bits per heavy atom. The summed E-state index contributed by atoms with van der Waals surface area (Å²) in [6.45, 7) is 4.40. The van der Waals surface area contributed by atoms with Gasteiger partial charge in [0.25, 0.3) is 0 Å². The molecule has 2 nitrogen and oxygen atoms in total. The Bertz CT molecular complexity index is 272. The van der Waals surface area contributed by atoms with Crippen LogP contribution in [0.4, 0.5) is 0 Å². The molecule has 0 saturated carbocycles. The lowest BCUT2D eigenvalue weighted by Crippen LogP contribution is -1.96. The first-order chi connectivity index (χ1) is 6.71. The lowest BCUT2D eigenvalue weighted by molar-refractivity contribution is 0.281. The molecule has 0 heterocycles. The van der Waals surface area contributed by atoms with Crippen LogP contribution in [-0.4, -0.2) is 12.2 Å². The van der Waals surface area contributed by atoms with Gasteiger partial charge in [-0.3, -0.25) is 0 Å². The summed E-state index contributed by atoms with van der Waals surface area (Å²) in [5.74, 6) is 1.34. The largest absolute Gasteiger partial charge is 0.497 e. The maximum atomic E-state index is 9.08. The number of hydrogen-bond donors (Lipinski definition) is 1. The maximum Gasteiger partial charge on any atom is 0.119 e. The fourth-order valence-electron chi connectivity index (χ4n) is 1.42. The van der Waals surface area contributed by atoms with E-state index in [0.717, 1.165) is 17.7 Å². The molecule has 0 radical (unpaired) electrons. The zero-order chi connectivity index (χ0) is 10.6. The number of rotatable bonds is 4. The molecule has 78 valence electrons. The highest BCUT2D eigenvalue weighted by atomic mass is 16.5. The van der Waals surface area contributed by atoms with Gasteiger partial charge >= 0.3 is 0 Å². The van der Waals surface area contributed by atoms with Gasteiger partial charge in [-0.05, 0) is 35.6 Å². The molecule has 14 heavy (non-hydrogen) atoms. The average molecular weight is 194 g/mol. The first-order valence-corrected chi connectivity index (χ1v) is 5.00. The Kier molecular flexibility index (Phi) is 3.96. The van der Waals surface area contributed by atoms with Crippen LogP contribution in [-0.2, 0) is 6.61 Å². The number of benzene rings is 1. The van der Waals surface area contributed by atoms with Crippen molar-refractivity contribution in [1.29, 1.82) is 0 Å². The summed E-state index contributed by atoms with van der Waals surface area (Å²) in [6.07, 6.45) is 1.10. The SMILES string of the molecule is CCC(C)c1cc(CO)cc(OC)c1. The van der Waals surface area contributed by atoms with Gasteiger partial charge in [-0.2, -0.15) is 0 Å². The van der Waals surface area contributed by atoms with E-state index in [1.165, 1.54) is 5.56 Å². The number of methoxy groups -OCH3 is 1. The van der Waals surface area contributed by atoms with Gasteiger partial charge in [0.1, 0.15) is 5.75 Å². The van der Waals surface area contributed by atoms with Crippen LogP contribution in [0, 0.1) is 0 Å². The van der Waals surface area contributed by atoms with E-state index in [1.807, 2.05) is 18.2 Å². The summed E-state index contributed by atoms with van der Waals surface area (Å²) in [7, 11) is 1.65. The van der Waals surface area contributed by atoms with E-state index >= 15 is 0 Å². The van der Waals surface area contributed by atoms with Crippen molar-refractivity contribution in [1.82, 2.24) is 0 Å². The highest BCUT2D eigenvalue weighted by molar-refractivity contribution is 5.35. The van der Waals surface area contributed by atoms with Crippen molar-refractivity contribution in [2.24, 2.45) is 0 Å². The summed E-state index contributed by atoms with van der Waals surface area (Å²) < 4.78 is 5.18. The van der Waals surface area contributed by atoms with Crippen molar-refractivity contribution >= 4 is 0 Å². The van der Waals surface area contributed by atoms with E-state index in [9.17, 15) is 0 Å². The molecule has 1 rings (SSSR count). The lowest BCUT2D eigenvalue weighted by Gasteiger charge is -2.12. The monoisotopic (exact) mass is 194 g/mol. The highest BCUT2D eigenvalue weighted by Crippen LogP contribution is 2.25. The van der Waals surface area contributed by atoms with Gasteiger partial charge in [-0.25, -0.2) is 0 Å². The normalized spacial score (nSPS) is 12.6. The number of hydrogen-bond acceptors (Lipinski definition) is 2. The van der Waals surface area contributed by atoms with E-state index in [4.69, 9.17) is 9.84 Å². The average Bonchev–Trinajstić information content (AvgIpc) is 2.27. The summed E-state index contributed by atoms with van der Waals surface area (Å²) in [5, 5.41) is 9.08. The molecule has 0 amide bonds. The number of aliphatic hydroxyl groups excluding tert-OH is 1. The van der Waals surface area contributed by atoms with E-state index in [-0.39, 0.29) is 6.61 Å². The zero-order valence-electron chi connectivity index (χ0n) is 9.08. The van der Waals surface area contributed by atoms with Crippen LogP contribution in [0.3, 0.4) is 0 Å². The van der Waals surface area contributed by atoms with Crippen molar-refractivity contribution in [3.8, 4) is 5.75 Å². The van der Waals surface area contributed by atoms with Crippen molar-refractivity contribution in [3.05, 3.63) is 29.3 Å². The summed E-state index contributed by atoms with van der Waals surface area (Å²) >= 11 is 0. The minimum atomic E-state index is 0.0701. The van der Waals surface area contributed by atoms with Gasteiger partial charge in [0.2, 0.25) is 0 Å². The zero-order valence-corrected chi connectivity index (χ0v) is 9.08. The maximum absolute atomic E-state index is 9.08. The smallest absolute Gasteiger partial charge is 0.119 e. The molecule has 0 aliphatic rings.